The van der Waals surface area contributed by atoms with Crippen LogP contribution in [0.25, 0.3) is 11.3 Å². The summed E-state index contributed by atoms with van der Waals surface area (Å²) in [6.07, 6.45) is 8.89. The molecule has 0 fully saturated rings. The molecule has 0 unspecified atom stereocenters. The van der Waals surface area contributed by atoms with Gasteiger partial charge in [0.15, 0.2) is 6.20 Å². The van der Waals surface area contributed by atoms with Crippen molar-refractivity contribution in [1.82, 2.24) is 20.6 Å². The van der Waals surface area contributed by atoms with Gasteiger partial charge >= 0.3 is 39.0 Å². The fourth-order valence-electron chi connectivity index (χ4n) is 2.34. The molecule has 8 nitrogen and oxygen atoms in total. The van der Waals surface area contributed by atoms with Gasteiger partial charge in [-0.05, 0) is 37.7 Å². The number of aromatic carboxylic acids is 1. The van der Waals surface area contributed by atoms with Crippen LogP contribution in [0.2, 0.25) is 0 Å². The number of hydrogen-bond donors (Lipinski definition) is 3. The molecule has 0 bridgehead atoms. The normalized spacial score (nSPS) is 13.3. The van der Waals surface area contributed by atoms with Gasteiger partial charge in [-0.2, -0.15) is 16.4 Å². The Morgan fingerprint density at radius 1 is 1.15 bits per heavy atom. The fourth-order valence-corrected chi connectivity index (χ4v) is 2.73. The predicted molar refractivity (Wildman–Crippen MR) is 112 cm³/mol. The number of aromatic amines is 1. The first kappa shape index (κ1) is 28.6. The number of H-pyrrole nitrogens is 1. The molecule has 2 heterocycles. The molecule has 1 amide bonds. The van der Waals surface area contributed by atoms with E-state index in [-0.39, 0.29) is 11.6 Å². The van der Waals surface area contributed by atoms with E-state index in [1.165, 1.54) is 12.3 Å². The molecule has 0 saturated heterocycles. The number of hydrogen-bond acceptors (Lipinski definition) is 5. The maximum absolute atomic E-state index is 11.5. The zero-order valence-corrected chi connectivity index (χ0v) is 19.2. The first-order chi connectivity index (χ1) is 15.0. The molecule has 2 aromatic rings. The van der Waals surface area contributed by atoms with E-state index in [9.17, 15) is 34.8 Å². The minimum absolute atomic E-state index is 0.0118. The number of unbranched alkanes of at least 4 members (excludes halogenated alkanes) is 2. The van der Waals surface area contributed by atoms with Gasteiger partial charge in [0, 0.05) is 30.0 Å². The molecule has 0 aromatic carbocycles. The molecule has 0 radical (unpaired) electrons. The Kier molecular flexibility index (Phi) is 9.66. The van der Waals surface area contributed by atoms with Crippen LogP contribution in [0.4, 0.5) is 25.2 Å². The van der Waals surface area contributed by atoms with Gasteiger partial charge in [-0.15, -0.1) is 0 Å². The number of carboxylic acids is 1. The van der Waals surface area contributed by atoms with Crippen LogP contribution in [-0.4, -0.2) is 50.8 Å². The third kappa shape index (κ3) is 15.9. The molecule has 16 heteroatoms. The Balaban J connectivity index is 0.000000675. The summed E-state index contributed by atoms with van der Waals surface area (Å²) in [4.78, 5) is 26.2. The second-order valence-electron chi connectivity index (χ2n) is 6.77. The fraction of sp³-hybridized carbons (Fsp3) is 0.471. The number of halogens is 6. The number of thioether (sulfide) groups is 1. The monoisotopic (exact) mass is 523 g/mol. The van der Waals surface area contributed by atoms with Crippen molar-refractivity contribution in [3.8, 4) is 11.3 Å². The van der Waals surface area contributed by atoms with Crippen LogP contribution in [0.5, 0.6) is 0 Å². The quantitative estimate of drug-likeness (QED) is 0.168. The number of pyridine rings is 1. The summed E-state index contributed by atoms with van der Waals surface area (Å²) in [5, 5.41) is 18.9. The summed E-state index contributed by atoms with van der Waals surface area (Å²) in [6, 6.07) is 3.15. The predicted octanol–water partition coefficient (Wildman–Crippen LogP) is 4.88. The first-order valence-electron chi connectivity index (χ1n) is 9.52. The standard InChI is InChI=1S/C17H23N5O3S.F6P/c1-26-10-7-16(23)18-8-3-2-4-9-22-12-15(20-21-22)13-5-6-14(17(24)25)19-11-13;1-7(2,3,4,5)6/h5-6,11-12H,2-4,7-10H2,1H3,(H2,18,23,24,25);/q;-1/p+1. The van der Waals surface area contributed by atoms with Crippen molar-refractivity contribution >= 4 is 31.4 Å². The molecule has 0 aliphatic rings. The summed E-state index contributed by atoms with van der Waals surface area (Å²) >= 11 is 1.67. The van der Waals surface area contributed by atoms with Gasteiger partial charge in [0.25, 0.3) is 0 Å². The van der Waals surface area contributed by atoms with E-state index in [1.807, 2.05) is 17.1 Å². The zero-order valence-electron chi connectivity index (χ0n) is 17.5. The summed E-state index contributed by atoms with van der Waals surface area (Å²) in [5.74, 6) is -0.0670. The zero-order chi connectivity index (χ0) is 25.2. The third-order valence-electron chi connectivity index (χ3n) is 3.79. The molecule has 188 valence electrons. The van der Waals surface area contributed by atoms with Crippen LogP contribution in [0.15, 0.2) is 24.5 Å². The molecule has 0 spiro atoms. The number of amides is 1. The summed E-state index contributed by atoms with van der Waals surface area (Å²) in [7, 11) is -10.7. The molecule has 2 rings (SSSR count). The van der Waals surface area contributed by atoms with Crippen molar-refractivity contribution in [2.24, 2.45) is 0 Å². The third-order valence-corrected chi connectivity index (χ3v) is 4.40. The number of aromatic nitrogens is 4. The van der Waals surface area contributed by atoms with Crippen molar-refractivity contribution in [2.75, 3.05) is 18.6 Å². The Hall–Kier alpha value is -2.41. The van der Waals surface area contributed by atoms with E-state index < -0.39 is 13.8 Å². The molecule has 0 saturated carbocycles. The van der Waals surface area contributed by atoms with Crippen LogP contribution in [0.1, 0.15) is 36.2 Å². The summed E-state index contributed by atoms with van der Waals surface area (Å²) in [5.41, 5.74) is 1.49. The minimum atomic E-state index is -10.7. The van der Waals surface area contributed by atoms with Gasteiger partial charge in [-0.1, -0.05) is 5.21 Å². The average molecular weight is 523 g/mol. The number of aryl methyl sites for hydroxylation is 1. The maximum atomic E-state index is 11.5. The van der Waals surface area contributed by atoms with Crippen LogP contribution in [0.3, 0.4) is 0 Å². The average Bonchev–Trinajstić information content (AvgIpc) is 3.15. The van der Waals surface area contributed by atoms with Crippen LogP contribution < -0.4 is 10.00 Å². The van der Waals surface area contributed by atoms with Crippen molar-refractivity contribution in [3.05, 3.63) is 30.2 Å². The Bertz CT molecular complexity index is 914. The second kappa shape index (κ2) is 11.1. The van der Waals surface area contributed by atoms with Gasteiger partial charge in [-0.25, -0.2) is 9.78 Å². The summed E-state index contributed by atoms with van der Waals surface area (Å²) in [6.45, 7) is 1.52. The van der Waals surface area contributed by atoms with Crippen LogP contribution in [-0.2, 0) is 11.3 Å². The van der Waals surface area contributed by atoms with Crippen LogP contribution in [0, 0.1) is 0 Å². The SMILES string of the molecule is CSCCC(=O)NCCCCC[n+]1cc(-c2ccc(C(=O)O)nc2)n[nH]1.F[P-](F)(F)(F)(F)F. The number of nitrogens with one attached hydrogen (secondary N) is 2. The van der Waals surface area contributed by atoms with Crippen molar-refractivity contribution in [1.29, 1.82) is 0 Å². The molecular formula is C17H24F6N5O3PS. The van der Waals surface area contributed by atoms with Crippen LogP contribution >= 0.6 is 19.6 Å². The molecule has 2 aromatic heterocycles. The number of carbonyl (C=O) groups is 2. The van der Waals surface area contributed by atoms with E-state index in [0.29, 0.717) is 13.0 Å². The van der Waals surface area contributed by atoms with Crippen molar-refractivity contribution in [3.63, 3.8) is 0 Å². The molecule has 0 atom stereocenters. The Morgan fingerprint density at radius 2 is 1.82 bits per heavy atom. The molecular weight excluding hydrogens is 499 g/mol. The van der Waals surface area contributed by atoms with Gasteiger partial charge < -0.3 is 10.4 Å². The van der Waals surface area contributed by atoms with E-state index in [1.54, 1.807) is 17.8 Å². The van der Waals surface area contributed by atoms with Gasteiger partial charge in [0.1, 0.15) is 12.2 Å². The molecule has 3 N–H and O–H groups in total. The van der Waals surface area contributed by atoms with E-state index in [2.05, 4.69) is 20.6 Å². The van der Waals surface area contributed by atoms with E-state index in [0.717, 1.165) is 42.8 Å². The first-order valence-corrected chi connectivity index (χ1v) is 12.9. The van der Waals surface area contributed by atoms with Crippen molar-refractivity contribution in [2.45, 2.75) is 32.2 Å². The van der Waals surface area contributed by atoms with Gasteiger partial charge in [-0.3, -0.25) is 4.79 Å². The van der Waals surface area contributed by atoms with Gasteiger partial charge in [0.2, 0.25) is 11.6 Å². The number of carbonyl (C=O) groups excluding carboxylic acids is 1. The van der Waals surface area contributed by atoms with Gasteiger partial charge in [0.05, 0.1) is 5.56 Å². The van der Waals surface area contributed by atoms with E-state index >= 15 is 0 Å². The summed E-state index contributed by atoms with van der Waals surface area (Å²) < 4.78 is 61.1. The Morgan fingerprint density at radius 3 is 2.36 bits per heavy atom. The second-order valence-corrected chi connectivity index (χ2v) is 9.67. The Labute approximate surface area is 189 Å². The molecule has 0 aliphatic carbocycles. The van der Waals surface area contributed by atoms with E-state index in [4.69, 9.17) is 5.11 Å². The van der Waals surface area contributed by atoms with Crippen molar-refractivity contribution < 1.29 is 44.6 Å². The number of carboxylic acid groups (broad SMARTS) is 1. The molecule has 33 heavy (non-hydrogen) atoms. The number of nitrogens with zero attached hydrogens (tertiary/aromatic N) is 3. The number of rotatable bonds is 11. The molecule has 0 aliphatic heterocycles. The topological polar surface area (TPSA) is 112 Å².